The minimum absolute atomic E-state index is 0.165. The Hall–Kier alpha value is -0.240. The summed E-state index contributed by atoms with van der Waals surface area (Å²) in [7, 11) is 0. The lowest BCUT2D eigenvalue weighted by atomic mass is 9.83. The van der Waals surface area contributed by atoms with Crippen LogP contribution in [-0.4, -0.2) is 9.58 Å². The van der Waals surface area contributed by atoms with Gasteiger partial charge < -0.3 is 0 Å². The predicted molar refractivity (Wildman–Crippen MR) is 69.8 cm³/mol. The highest BCUT2D eigenvalue weighted by molar-refractivity contribution is 6.77. The summed E-state index contributed by atoms with van der Waals surface area (Å²) in [5, 5.41) is 0. The number of halogens is 3. The Bertz CT molecular complexity index is 399. The molecule has 1 rings (SSSR count). The average Bonchev–Trinajstić information content (AvgIpc) is 2.14. The molecule has 88 valence electrons. The Morgan fingerprint density at radius 3 is 2.00 bits per heavy atom. The fourth-order valence-electron chi connectivity index (χ4n) is 1.49. The summed E-state index contributed by atoms with van der Waals surface area (Å²) >= 11 is 16.9. The zero-order valence-electron chi connectivity index (χ0n) is 9.35. The Morgan fingerprint density at radius 2 is 1.56 bits per heavy atom. The van der Waals surface area contributed by atoms with Crippen molar-refractivity contribution in [3.8, 4) is 0 Å². The van der Waals surface area contributed by atoms with Crippen LogP contribution in [0.5, 0.6) is 0 Å². The molecule has 0 N–H and O–H groups in total. The van der Waals surface area contributed by atoms with E-state index in [4.69, 9.17) is 34.8 Å². The van der Waals surface area contributed by atoms with Gasteiger partial charge in [0, 0.05) is 5.56 Å². The number of carbonyl (C=O) groups excluding carboxylic acids is 1. The van der Waals surface area contributed by atoms with Crippen LogP contribution < -0.4 is 0 Å². The normalized spacial score (nSPS) is 12.6. The number of benzene rings is 1. The third-order valence-electron chi connectivity index (χ3n) is 2.24. The summed E-state index contributed by atoms with van der Waals surface area (Å²) in [5.74, 6) is -0.483. The average molecular weight is 280 g/mol. The second-order valence-corrected chi connectivity index (χ2v) is 6.90. The first-order valence-corrected chi connectivity index (χ1v) is 5.98. The van der Waals surface area contributed by atoms with Gasteiger partial charge in [-0.2, -0.15) is 0 Å². The van der Waals surface area contributed by atoms with Crippen LogP contribution in [0.25, 0.3) is 0 Å². The van der Waals surface area contributed by atoms with Crippen LogP contribution in [0.2, 0.25) is 0 Å². The molecule has 0 unspecified atom stereocenters. The molecule has 0 radical (unpaired) electrons. The second kappa shape index (κ2) is 4.56. The topological polar surface area (TPSA) is 17.1 Å². The van der Waals surface area contributed by atoms with Crippen molar-refractivity contribution < 1.29 is 4.79 Å². The summed E-state index contributed by atoms with van der Waals surface area (Å²) in [6.45, 7) is 6.03. The number of alkyl halides is 3. The lowest BCUT2D eigenvalue weighted by Gasteiger charge is -2.23. The smallest absolute Gasteiger partial charge is 0.253 e. The first kappa shape index (κ1) is 13.8. The van der Waals surface area contributed by atoms with Gasteiger partial charge in [-0.1, -0.05) is 79.8 Å². The fourth-order valence-corrected chi connectivity index (χ4v) is 1.79. The van der Waals surface area contributed by atoms with E-state index in [1.807, 2.05) is 32.9 Å². The van der Waals surface area contributed by atoms with Crippen molar-refractivity contribution in [1.29, 1.82) is 0 Å². The number of ketones is 1. The summed E-state index contributed by atoms with van der Waals surface area (Å²) in [6, 6.07) is 7.20. The number of carbonyl (C=O) groups is 1. The molecule has 1 nitrogen and oxygen atoms in total. The maximum absolute atomic E-state index is 11.9. The molecule has 0 saturated carbocycles. The van der Waals surface area contributed by atoms with Crippen molar-refractivity contribution in [3.05, 3.63) is 35.4 Å². The number of rotatable bonds is 1. The van der Waals surface area contributed by atoms with Crippen LogP contribution in [0.1, 0.15) is 36.7 Å². The molecule has 1 aromatic rings. The third kappa shape index (κ3) is 3.13. The van der Waals surface area contributed by atoms with Gasteiger partial charge in [0.05, 0.1) is 0 Å². The van der Waals surface area contributed by atoms with Crippen molar-refractivity contribution in [2.45, 2.75) is 30.0 Å². The largest absolute Gasteiger partial charge is 0.289 e. The number of Topliss-reactive ketones (excluding diaryl/α,β-unsaturated/α-hetero) is 1. The highest BCUT2D eigenvalue weighted by atomic mass is 35.6. The van der Waals surface area contributed by atoms with Crippen molar-refractivity contribution in [1.82, 2.24) is 0 Å². The van der Waals surface area contributed by atoms with Gasteiger partial charge in [-0.3, -0.25) is 4.79 Å². The molecular formula is C12H13Cl3O. The van der Waals surface area contributed by atoms with Gasteiger partial charge in [0.2, 0.25) is 5.78 Å². The molecule has 0 atom stereocenters. The molecule has 1 aromatic carbocycles. The molecule has 0 aromatic heterocycles. The third-order valence-corrected chi connectivity index (χ3v) is 2.75. The van der Waals surface area contributed by atoms with E-state index in [1.54, 1.807) is 12.1 Å². The number of hydrogen-bond acceptors (Lipinski definition) is 1. The van der Waals surface area contributed by atoms with Gasteiger partial charge in [-0.15, -0.1) is 0 Å². The molecule has 0 spiro atoms. The molecule has 16 heavy (non-hydrogen) atoms. The van der Waals surface area contributed by atoms with Crippen LogP contribution >= 0.6 is 34.8 Å². The van der Waals surface area contributed by atoms with Crippen LogP contribution in [0, 0.1) is 0 Å². The Kier molecular flexibility index (Phi) is 3.94. The van der Waals surface area contributed by atoms with E-state index in [2.05, 4.69) is 0 Å². The molecule has 0 aliphatic carbocycles. The maximum atomic E-state index is 11.9. The minimum Gasteiger partial charge on any atom is -0.289 e. The van der Waals surface area contributed by atoms with Gasteiger partial charge in [-0.05, 0) is 11.0 Å². The van der Waals surface area contributed by atoms with Crippen molar-refractivity contribution in [2.24, 2.45) is 0 Å². The monoisotopic (exact) mass is 278 g/mol. The van der Waals surface area contributed by atoms with Gasteiger partial charge in [0.1, 0.15) is 0 Å². The van der Waals surface area contributed by atoms with Crippen molar-refractivity contribution in [2.75, 3.05) is 0 Å². The molecule has 0 saturated heterocycles. The van der Waals surface area contributed by atoms with Crippen molar-refractivity contribution >= 4 is 40.6 Å². The van der Waals surface area contributed by atoms with E-state index >= 15 is 0 Å². The summed E-state index contributed by atoms with van der Waals surface area (Å²) in [6.07, 6.45) is 0. The lowest BCUT2D eigenvalue weighted by molar-refractivity contribution is 0.0994. The quantitative estimate of drug-likeness (QED) is 0.545. The Morgan fingerprint density at radius 1 is 1.06 bits per heavy atom. The highest BCUT2D eigenvalue weighted by Crippen LogP contribution is 2.34. The summed E-state index contributed by atoms with van der Waals surface area (Å²) in [4.78, 5) is 11.9. The zero-order valence-corrected chi connectivity index (χ0v) is 11.6. The molecule has 4 heteroatoms. The van der Waals surface area contributed by atoms with Gasteiger partial charge >= 0.3 is 0 Å². The first-order valence-electron chi connectivity index (χ1n) is 4.85. The minimum atomic E-state index is -1.90. The Labute approximate surface area is 111 Å². The Balaban J connectivity index is 3.31. The van der Waals surface area contributed by atoms with E-state index in [1.165, 1.54) is 0 Å². The molecule has 0 heterocycles. The standard InChI is InChI=1S/C12H13Cl3O/c1-11(2,3)9-7-5-4-6-8(9)10(16)12(13,14)15/h4-7H,1-3H3. The van der Waals surface area contributed by atoms with Gasteiger partial charge in [0.25, 0.3) is 3.79 Å². The fraction of sp³-hybridized carbons (Fsp3) is 0.417. The summed E-state index contributed by atoms with van der Waals surface area (Å²) < 4.78 is -1.90. The first-order chi connectivity index (χ1) is 7.14. The highest BCUT2D eigenvalue weighted by Gasteiger charge is 2.34. The SMILES string of the molecule is CC(C)(C)c1ccccc1C(=O)C(Cl)(Cl)Cl. The second-order valence-electron chi connectivity index (χ2n) is 4.62. The molecule has 0 aliphatic rings. The van der Waals surface area contributed by atoms with E-state index in [0.717, 1.165) is 5.56 Å². The predicted octanol–water partition coefficient (Wildman–Crippen LogP) is 4.54. The van der Waals surface area contributed by atoms with Crippen molar-refractivity contribution in [3.63, 3.8) is 0 Å². The van der Waals surface area contributed by atoms with E-state index in [0.29, 0.717) is 5.56 Å². The van der Waals surface area contributed by atoms with E-state index in [-0.39, 0.29) is 5.41 Å². The molecule has 0 fully saturated rings. The molecular weight excluding hydrogens is 266 g/mol. The van der Waals surface area contributed by atoms with Crippen LogP contribution in [0.3, 0.4) is 0 Å². The lowest BCUT2D eigenvalue weighted by Crippen LogP contribution is -2.24. The summed E-state index contributed by atoms with van der Waals surface area (Å²) in [5.41, 5.74) is 1.18. The molecule has 0 amide bonds. The molecule has 0 aliphatic heterocycles. The van der Waals surface area contributed by atoms with Crippen LogP contribution in [0.15, 0.2) is 24.3 Å². The van der Waals surface area contributed by atoms with Crippen LogP contribution in [-0.2, 0) is 5.41 Å². The van der Waals surface area contributed by atoms with Gasteiger partial charge in [0.15, 0.2) is 0 Å². The zero-order chi connectivity index (χ0) is 12.6. The molecule has 0 bridgehead atoms. The van der Waals surface area contributed by atoms with E-state index < -0.39 is 9.58 Å². The van der Waals surface area contributed by atoms with Gasteiger partial charge in [-0.25, -0.2) is 0 Å². The maximum Gasteiger partial charge on any atom is 0.253 e. The number of hydrogen-bond donors (Lipinski definition) is 0. The van der Waals surface area contributed by atoms with E-state index in [9.17, 15) is 4.79 Å². The van der Waals surface area contributed by atoms with Crippen LogP contribution in [0.4, 0.5) is 0 Å².